The fourth-order valence-electron chi connectivity index (χ4n) is 3.65. The van der Waals surface area contributed by atoms with Crippen LogP contribution < -0.4 is 4.90 Å². The van der Waals surface area contributed by atoms with Crippen molar-refractivity contribution in [2.75, 3.05) is 11.4 Å². The van der Waals surface area contributed by atoms with Crippen molar-refractivity contribution in [2.45, 2.75) is 19.3 Å². The Balaban J connectivity index is 1.60. The van der Waals surface area contributed by atoms with E-state index in [9.17, 15) is 18.8 Å². The third-order valence-corrected chi connectivity index (χ3v) is 5.43. The highest BCUT2D eigenvalue weighted by atomic mass is 35.5. The first-order chi connectivity index (χ1) is 14.5. The van der Waals surface area contributed by atoms with Gasteiger partial charge in [-0.1, -0.05) is 11.6 Å². The van der Waals surface area contributed by atoms with Gasteiger partial charge in [0.05, 0.1) is 30.6 Å². The molecule has 0 radical (unpaired) electrons. The van der Waals surface area contributed by atoms with Gasteiger partial charge in [-0.05, 0) is 36.6 Å². The van der Waals surface area contributed by atoms with E-state index in [1.807, 2.05) is 0 Å². The average Bonchev–Trinajstić information content (AvgIpc) is 3.31. The van der Waals surface area contributed by atoms with Gasteiger partial charge in [0, 0.05) is 23.6 Å². The number of nitrogens with zero attached hydrogens (tertiary/aromatic N) is 5. The van der Waals surface area contributed by atoms with Crippen LogP contribution in [0, 0.1) is 28.9 Å². The van der Waals surface area contributed by atoms with Gasteiger partial charge < -0.3 is 0 Å². The topological polar surface area (TPSA) is 98.6 Å². The number of hydrogen-bond acceptors (Lipinski definition) is 5. The summed E-state index contributed by atoms with van der Waals surface area (Å²) in [6, 6.07) is 6.11. The minimum Gasteiger partial charge on any atom is -0.295 e. The van der Waals surface area contributed by atoms with Gasteiger partial charge in [0.1, 0.15) is 16.7 Å². The maximum atomic E-state index is 13.7. The van der Waals surface area contributed by atoms with Crippen LogP contribution >= 0.6 is 11.6 Å². The lowest BCUT2D eigenvalue weighted by atomic mass is 9.98. The Hall–Kier alpha value is -3.38. The summed E-state index contributed by atoms with van der Waals surface area (Å²) in [6.45, 7) is 0.388. The first-order valence-corrected chi connectivity index (χ1v) is 9.53. The Morgan fingerprint density at radius 2 is 2.07 bits per heavy atom. The standard InChI is InChI=1S/C20H15ClF2N6O/c21-17-15(22)8-11(9-16(17)23)7-12-3-6-29(20(12)30)19-14(1-4-24)18(27-28-19)13-2-5-25-26-10-13/h2,5,8-10,12H,1,3,6-7H2,(H,27,28). The molecule has 0 spiro atoms. The Kier molecular flexibility index (Phi) is 5.42. The second-order valence-corrected chi connectivity index (χ2v) is 7.30. The number of aromatic amines is 1. The summed E-state index contributed by atoms with van der Waals surface area (Å²) in [7, 11) is 0. The maximum absolute atomic E-state index is 13.7. The molecule has 1 saturated heterocycles. The van der Waals surface area contributed by atoms with E-state index in [1.165, 1.54) is 17.3 Å². The Bertz CT molecular complexity index is 1120. The number of carbonyl (C=O) groups excluding carboxylic acids is 1. The number of nitrogens with one attached hydrogen (secondary N) is 1. The number of anilines is 1. The van der Waals surface area contributed by atoms with Crippen molar-refractivity contribution in [3.05, 3.63) is 58.4 Å². The first-order valence-electron chi connectivity index (χ1n) is 9.15. The normalized spacial score (nSPS) is 16.1. The number of amides is 1. The first kappa shape index (κ1) is 19.9. The molecule has 3 aromatic rings. The number of aromatic nitrogens is 4. The monoisotopic (exact) mass is 428 g/mol. The maximum Gasteiger partial charge on any atom is 0.231 e. The summed E-state index contributed by atoms with van der Waals surface area (Å²) in [5.41, 5.74) is 2.24. The molecule has 1 unspecified atom stereocenters. The van der Waals surface area contributed by atoms with Gasteiger partial charge in [0.2, 0.25) is 5.91 Å². The SMILES string of the molecule is N#CCc1c(N2CCC(Cc3cc(F)c(Cl)c(F)c3)C2=O)n[nH]c1-c1ccnnc1. The third-order valence-electron chi connectivity index (χ3n) is 5.07. The average molecular weight is 429 g/mol. The zero-order chi connectivity index (χ0) is 21.3. The van der Waals surface area contributed by atoms with Gasteiger partial charge in [-0.3, -0.25) is 14.8 Å². The lowest BCUT2D eigenvalue weighted by Gasteiger charge is -2.16. The van der Waals surface area contributed by atoms with E-state index in [-0.39, 0.29) is 18.7 Å². The molecule has 1 aromatic carbocycles. The van der Waals surface area contributed by atoms with Crippen LogP contribution in [0.3, 0.4) is 0 Å². The molecule has 1 amide bonds. The second-order valence-electron chi connectivity index (χ2n) is 6.92. The van der Waals surface area contributed by atoms with Crippen molar-refractivity contribution in [1.82, 2.24) is 20.4 Å². The van der Waals surface area contributed by atoms with Crippen molar-refractivity contribution >= 4 is 23.3 Å². The molecule has 0 saturated carbocycles. The van der Waals surface area contributed by atoms with Crippen LogP contribution in [-0.4, -0.2) is 32.8 Å². The highest BCUT2D eigenvalue weighted by Gasteiger charge is 2.36. The van der Waals surface area contributed by atoms with Gasteiger partial charge in [-0.15, -0.1) is 0 Å². The fourth-order valence-corrected chi connectivity index (χ4v) is 3.76. The Morgan fingerprint density at radius 3 is 2.73 bits per heavy atom. The van der Waals surface area contributed by atoms with Crippen LogP contribution in [0.25, 0.3) is 11.3 Å². The molecule has 2 aromatic heterocycles. The minimum absolute atomic E-state index is 0.0472. The molecule has 7 nitrogen and oxygen atoms in total. The number of carbonyl (C=O) groups is 1. The lowest BCUT2D eigenvalue weighted by molar-refractivity contribution is -0.120. The molecule has 0 aliphatic carbocycles. The quantitative estimate of drug-likeness (QED) is 0.627. The zero-order valence-corrected chi connectivity index (χ0v) is 16.3. The van der Waals surface area contributed by atoms with Gasteiger partial charge >= 0.3 is 0 Å². The summed E-state index contributed by atoms with van der Waals surface area (Å²) in [4.78, 5) is 14.5. The Morgan fingerprint density at radius 1 is 1.30 bits per heavy atom. The highest BCUT2D eigenvalue weighted by molar-refractivity contribution is 6.30. The Labute approximate surface area is 175 Å². The van der Waals surface area contributed by atoms with Crippen molar-refractivity contribution in [2.24, 2.45) is 5.92 Å². The molecule has 0 bridgehead atoms. The molecule has 1 atom stereocenters. The molecule has 1 aliphatic rings. The number of rotatable bonds is 5. The summed E-state index contributed by atoms with van der Waals surface area (Å²) in [5.74, 6) is -2.00. The number of halogens is 3. The van der Waals surface area contributed by atoms with Crippen LogP contribution in [0.4, 0.5) is 14.6 Å². The lowest BCUT2D eigenvalue weighted by Crippen LogP contribution is -2.29. The molecule has 1 aliphatic heterocycles. The highest BCUT2D eigenvalue weighted by Crippen LogP contribution is 2.34. The molecule has 3 heterocycles. The third kappa shape index (κ3) is 3.62. The molecule has 1 fully saturated rings. The van der Waals surface area contributed by atoms with E-state index >= 15 is 0 Å². The van der Waals surface area contributed by atoms with Crippen LogP contribution in [0.1, 0.15) is 17.5 Å². The molecule has 152 valence electrons. The molecule has 1 N–H and O–H groups in total. The summed E-state index contributed by atoms with van der Waals surface area (Å²) in [5, 5.41) is 23.4. The van der Waals surface area contributed by atoms with E-state index in [2.05, 4.69) is 26.5 Å². The zero-order valence-electron chi connectivity index (χ0n) is 15.6. The predicted molar refractivity (Wildman–Crippen MR) is 104 cm³/mol. The predicted octanol–water partition coefficient (Wildman–Crippen LogP) is 3.46. The fraction of sp³-hybridized carbons (Fsp3) is 0.250. The van der Waals surface area contributed by atoms with Crippen LogP contribution in [-0.2, 0) is 17.6 Å². The molecule has 10 heteroatoms. The second kappa shape index (κ2) is 8.16. The van der Waals surface area contributed by atoms with Crippen molar-refractivity contribution < 1.29 is 13.6 Å². The van der Waals surface area contributed by atoms with Gasteiger partial charge in [0.25, 0.3) is 0 Å². The summed E-state index contributed by atoms with van der Waals surface area (Å²) < 4.78 is 27.5. The number of hydrogen-bond donors (Lipinski definition) is 1. The van der Waals surface area contributed by atoms with E-state index < -0.39 is 22.6 Å². The number of nitriles is 1. The van der Waals surface area contributed by atoms with Crippen molar-refractivity contribution in [3.63, 3.8) is 0 Å². The van der Waals surface area contributed by atoms with Gasteiger partial charge in [-0.2, -0.15) is 20.6 Å². The summed E-state index contributed by atoms with van der Waals surface area (Å²) in [6.07, 6.45) is 3.78. The largest absolute Gasteiger partial charge is 0.295 e. The number of H-pyrrole nitrogens is 1. The van der Waals surface area contributed by atoms with Crippen LogP contribution in [0.2, 0.25) is 5.02 Å². The van der Waals surface area contributed by atoms with Crippen molar-refractivity contribution in [1.29, 1.82) is 5.26 Å². The van der Waals surface area contributed by atoms with Crippen LogP contribution in [0.5, 0.6) is 0 Å². The smallest absolute Gasteiger partial charge is 0.231 e. The van der Waals surface area contributed by atoms with E-state index in [0.29, 0.717) is 41.2 Å². The molecule has 4 rings (SSSR count). The van der Waals surface area contributed by atoms with Gasteiger partial charge in [-0.25, -0.2) is 8.78 Å². The van der Waals surface area contributed by atoms with E-state index in [4.69, 9.17) is 11.6 Å². The molecular weight excluding hydrogens is 414 g/mol. The van der Waals surface area contributed by atoms with Gasteiger partial charge in [0.15, 0.2) is 5.82 Å². The van der Waals surface area contributed by atoms with E-state index in [1.54, 1.807) is 6.07 Å². The van der Waals surface area contributed by atoms with Crippen LogP contribution in [0.15, 0.2) is 30.6 Å². The number of benzene rings is 1. The minimum atomic E-state index is -0.854. The van der Waals surface area contributed by atoms with E-state index in [0.717, 1.165) is 12.1 Å². The van der Waals surface area contributed by atoms with Crippen molar-refractivity contribution in [3.8, 4) is 17.3 Å². The molecule has 30 heavy (non-hydrogen) atoms. The summed E-state index contributed by atoms with van der Waals surface area (Å²) >= 11 is 5.53. The molecular formula is C20H15ClF2N6O.